The third kappa shape index (κ3) is 5.93. The second-order valence-electron chi connectivity index (χ2n) is 5.11. The molecule has 11 heteroatoms. The first kappa shape index (κ1) is 17.8. The SMILES string of the molecule is CC(C)(CNS(=O)(=O)c1ccc(NN)nc1)NS(C)(=O)=O. The Morgan fingerprint density at radius 3 is 2.29 bits per heavy atom. The van der Waals surface area contributed by atoms with E-state index in [1.165, 1.54) is 12.1 Å². The Bertz CT molecular complexity index is 683. The van der Waals surface area contributed by atoms with Gasteiger partial charge in [-0.2, -0.15) is 0 Å². The van der Waals surface area contributed by atoms with E-state index in [9.17, 15) is 16.8 Å². The van der Waals surface area contributed by atoms with E-state index < -0.39 is 25.6 Å². The minimum Gasteiger partial charge on any atom is -0.308 e. The summed E-state index contributed by atoms with van der Waals surface area (Å²) in [7, 11) is -7.23. The van der Waals surface area contributed by atoms with Crippen molar-refractivity contribution in [3.8, 4) is 0 Å². The molecule has 1 aromatic rings. The predicted molar refractivity (Wildman–Crippen MR) is 79.3 cm³/mol. The van der Waals surface area contributed by atoms with Crippen LogP contribution in [0.15, 0.2) is 23.2 Å². The molecule has 0 aromatic carbocycles. The second kappa shape index (κ2) is 6.23. The number of aromatic nitrogens is 1. The van der Waals surface area contributed by atoms with Gasteiger partial charge in [0.05, 0.1) is 6.26 Å². The number of rotatable bonds is 7. The molecule has 5 N–H and O–H groups in total. The van der Waals surface area contributed by atoms with Gasteiger partial charge in [-0.3, -0.25) is 0 Å². The highest BCUT2D eigenvalue weighted by Gasteiger charge is 2.25. The van der Waals surface area contributed by atoms with Crippen LogP contribution in [-0.2, 0) is 20.0 Å². The Morgan fingerprint density at radius 1 is 1.24 bits per heavy atom. The maximum Gasteiger partial charge on any atom is 0.242 e. The van der Waals surface area contributed by atoms with Gasteiger partial charge in [0.25, 0.3) is 0 Å². The molecule has 0 amide bonds. The monoisotopic (exact) mass is 337 g/mol. The molecule has 0 unspecified atom stereocenters. The summed E-state index contributed by atoms with van der Waals surface area (Å²) in [6.45, 7) is 3.02. The lowest BCUT2D eigenvalue weighted by molar-refractivity contribution is 0.446. The molecular weight excluding hydrogens is 318 g/mol. The van der Waals surface area contributed by atoms with Crippen molar-refractivity contribution in [1.29, 1.82) is 0 Å². The van der Waals surface area contributed by atoms with Gasteiger partial charge in [-0.05, 0) is 26.0 Å². The van der Waals surface area contributed by atoms with E-state index in [-0.39, 0.29) is 11.4 Å². The lowest BCUT2D eigenvalue weighted by atomic mass is 10.1. The van der Waals surface area contributed by atoms with Crippen LogP contribution in [0.5, 0.6) is 0 Å². The summed E-state index contributed by atoms with van der Waals surface area (Å²) in [5.41, 5.74) is 1.32. The van der Waals surface area contributed by atoms with Gasteiger partial charge in [-0.1, -0.05) is 0 Å². The molecule has 0 saturated heterocycles. The van der Waals surface area contributed by atoms with Crippen molar-refractivity contribution in [3.05, 3.63) is 18.3 Å². The number of anilines is 1. The lowest BCUT2D eigenvalue weighted by Crippen LogP contribution is -2.50. The highest BCUT2D eigenvalue weighted by molar-refractivity contribution is 7.89. The highest BCUT2D eigenvalue weighted by Crippen LogP contribution is 2.11. The molecule has 1 heterocycles. The molecule has 21 heavy (non-hydrogen) atoms. The number of sulfonamides is 2. The summed E-state index contributed by atoms with van der Waals surface area (Å²) < 4.78 is 51.2. The Balaban J connectivity index is 2.81. The quantitative estimate of drug-likeness (QED) is 0.368. The topological polar surface area (TPSA) is 143 Å². The van der Waals surface area contributed by atoms with Crippen LogP contribution in [0.1, 0.15) is 13.8 Å². The smallest absolute Gasteiger partial charge is 0.242 e. The average molecular weight is 337 g/mol. The second-order valence-corrected chi connectivity index (χ2v) is 8.62. The summed E-state index contributed by atoms with van der Waals surface area (Å²) in [5.74, 6) is 5.47. The van der Waals surface area contributed by atoms with E-state index in [0.29, 0.717) is 5.82 Å². The molecule has 0 saturated carbocycles. The zero-order valence-corrected chi connectivity index (χ0v) is 13.5. The Morgan fingerprint density at radius 2 is 1.86 bits per heavy atom. The van der Waals surface area contributed by atoms with E-state index in [1.54, 1.807) is 13.8 Å². The number of nitrogens with two attached hydrogens (primary N) is 1. The first-order valence-electron chi connectivity index (χ1n) is 5.86. The number of nitrogen functional groups attached to an aromatic ring is 1. The maximum atomic E-state index is 12.1. The van der Waals surface area contributed by atoms with Crippen LogP contribution < -0.4 is 20.7 Å². The molecule has 1 aromatic heterocycles. The maximum absolute atomic E-state index is 12.1. The van der Waals surface area contributed by atoms with Crippen LogP contribution in [0, 0.1) is 0 Å². The Hall–Kier alpha value is -1.27. The van der Waals surface area contributed by atoms with E-state index in [1.807, 2.05) is 0 Å². The number of nitrogens with one attached hydrogen (secondary N) is 3. The molecule has 0 atom stereocenters. The molecule has 0 radical (unpaired) electrons. The zero-order valence-electron chi connectivity index (χ0n) is 11.9. The van der Waals surface area contributed by atoms with Gasteiger partial charge in [0.1, 0.15) is 10.7 Å². The van der Waals surface area contributed by atoms with Crippen molar-refractivity contribution in [2.24, 2.45) is 5.84 Å². The Kier molecular flexibility index (Phi) is 5.28. The Labute approximate surface area is 124 Å². The lowest BCUT2D eigenvalue weighted by Gasteiger charge is -2.25. The molecule has 120 valence electrons. The summed E-state index contributed by atoms with van der Waals surface area (Å²) in [6.07, 6.45) is 2.15. The fourth-order valence-corrected chi connectivity index (χ4v) is 3.75. The summed E-state index contributed by atoms with van der Waals surface area (Å²) in [6, 6.07) is 2.75. The third-order valence-corrected chi connectivity index (χ3v) is 4.67. The van der Waals surface area contributed by atoms with Crippen LogP contribution in [0.4, 0.5) is 5.82 Å². The average Bonchev–Trinajstić information content (AvgIpc) is 2.34. The molecule has 0 aliphatic carbocycles. The molecule has 1 rings (SSSR count). The number of pyridine rings is 1. The van der Waals surface area contributed by atoms with E-state index in [2.05, 4.69) is 19.9 Å². The molecule has 0 fully saturated rings. The van der Waals surface area contributed by atoms with Crippen molar-refractivity contribution >= 4 is 25.9 Å². The number of hydrazine groups is 1. The minimum absolute atomic E-state index is 0.0448. The van der Waals surface area contributed by atoms with Crippen molar-refractivity contribution < 1.29 is 16.8 Å². The standard InChI is InChI=1S/C10H19N5O4S2/c1-10(2,15-20(3,16)17)7-13-21(18,19)8-4-5-9(14-11)12-6-8/h4-6,13,15H,7,11H2,1-3H3,(H,12,14). The molecule has 0 bridgehead atoms. The van der Waals surface area contributed by atoms with E-state index in [4.69, 9.17) is 5.84 Å². The van der Waals surface area contributed by atoms with Gasteiger partial charge in [0.2, 0.25) is 20.0 Å². The minimum atomic E-state index is -3.79. The van der Waals surface area contributed by atoms with Gasteiger partial charge >= 0.3 is 0 Å². The van der Waals surface area contributed by atoms with Crippen molar-refractivity contribution in [2.75, 3.05) is 18.2 Å². The van der Waals surface area contributed by atoms with E-state index in [0.717, 1.165) is 12.5 Å². The summed E-state index contributed by atoms with van der Waals surface area (Å²) in [5, 5.41) is 0. The molecule has 0 spiro atoms. The normalized spacial score (nSPS) is 13.1. The molecule has 9 nitrogen and oxygen atoms in total. The molecule has 0 aliphatic heterocycles. The number of hydrogen-bond acceptors (Lipinski definition) is 7. The van der Waals surface area contributed by atoms with Gasteiger partial charge in [0.15, 0.2) is 0 Å². The predicted octanol–water partition coefficient (Wildman–Crippen LogP) is -1.03. The number of nitrogens with zero attached hydrogens (tertiary/aromatic N) is 1. The fourth-order valence-electron chi connectivity index (χ4n) is 1.52. The molecular formula is C10H19N5O4S2. The van der Waals surface area contributed by atoms with Crippen LogP contribution >= 0.6 is 0 Å². The zero-order chi connectivity index (χ0) is 16.3. The van der Waals surface area contributed by atoms with E-state index >= 15 is 0 Å². The first-order chi connectivity index (χ1) is 9.45. The van der Waals surface area contributed by atoms with Gasteiger partial charge in [-0.25, -0.2) is 37.1 Å². The van der Waals surface area contributed by atoms with Crippen LogP contribution in [0.3, 0.4) is 0 Å². The highest BCUT2D eigenvalue weighted by atomic mass is 32.2. The van der Waals surface area contributed by atoms with Crippen molar-refractivity contribution in [1.82, 2.24) is 14.4 Å². The molecule has 0 aliphatic rings. The van der Waals surface area contributed by atoms with Gasteiger partial charge in [0, 0.05) is 18.3 Å². The first-order valence-corrected chi connectivity index (χ1v) is 9.24. The van der Waals surface area contributed by atoms with Crippen LogP contribution in [0.2, 0.25) is 0 Å². The summed E-state index contributed by atoms with van der Waals surface area (Å²) >= 11 is 0. The number of hydrogen-bond donors (Lipinski definition) is 4. The van der Waals surface area contributed by atoms with Crippen molar-refractivity contribution in [3.63, 3.8) is 0 Å². The third-order valence-electron chi connectivity index (χ3n) is 2.36. The summed E-state index contributed by atoms with van der Waals surface area (Å²) in [4.78, 5) is 3.76. The largest absolute Gasteiger partial charge is 0.308 e. The van der Waals surface area contributed by atoms with Crippen LogP contribution in [0.25, 0.3) is 0 Å². The van der Waals surface area contributed by atoms with Crippen LogP contribution in [-0.4, -0.2) is 40.2 Å². The van der Waals surface area contributed by atoms with Gasteiger partial charge in [-0.15, -0.1) is 0 Å². The van der Waals surface area contributed by atoms with Gasteiger partial charge < -0.3 is 5.43 Å². The fraction of sp³-hybridized carbons (Fsp3) is 0.500. The van der Waals surface area contributed by atoms with Crippen molar-refractivity contribution in [2.45, 2.75) is 24.3 Å².